The van der Waals surface area contributed by atoms with Gasteiger partial charge in [0.1, 0.15) is 0 Å². The summed E-state index contributed by atoms with van der Waals surface area (Å²) in [6.45, 7) is 3.86. The Bertz CT molecular complexity index is 991. The fraction of sp³-hybridized carbons (Fsp3) is 0.524. The minimum Gasteiger partial charge on any atom is -0.350 e. The number of amides is 1. The van der Waals surface area contributed by atoms with E-state index in [2.05, 4.69) is 10.2 Å². The zero-order valence-corrected chi connectivity index (χ0v) is 19.7. The van der Waals surface area contributed by atoms with Gasteiger partial charge in [-0.1, -0.05) is 23.7 Å². The van der Waals surface area contributed by atoms with Gasteiger partial charge in [0.15, 0.2) is 12.1 Å². The van der Waals surface area contributed by atoms with Crippen LogP contribution in [-0.4, -0.2) is 43.9 Å². The van der Waals surface area contributed by atoms with Crippen molar-refractivity contribution in [1.29, 1.82) is 0 Å². The highest BCUT2D eigenvalue weighted by molar-refractivity contribution is 7.87. The molecule has 2 N–H and O–H groups in total. The van der Waals surface area contributed by atoms with E-state index in [-0.39, 0.29) is 36.6 Å². The molecule has 2 unspecified atom stereocenters. The highest BCUT2D eigenvalue weighted by atomic mass is 35.5. The molecule has 2 aliphatic rings. The van der Waals surface area contributed by atoms with Crippen LogP contribution in [0.3, 0.4) is 0 Å². The van der Waals surface area contributed by atoms with Crippen molar-refractivity contribution in [1.82, 2.24) is 14.5 Å². The number of ether oxygens (including phenoxy) is 1. The molecule has 0 bridgehead atoms. The molecule has 1 saturated heterocycles. The normalized spacial score (nSPS) is 22.8. The summed E-state index contributed by atoms with van der Waals surface area (Å²) in [5.41, 5.74) is 4.04. The van der Waals surface area contributed by atoms with E-state index in [4.69, 9.17) is 21.2 Å². The summed E-state index contributed by atoms with van der Waals surface area (Å²) in [4.78, 5) is 29.5. The quantitative estimate of drug-likeness (QED) is 0.547. The van der Waals surface area contributed by atoms with Gasteiger partial charge >= 0.3 is 10.2 Å². The molecule has 2 heterocycles. The van der Waals surface area contributed by atoms with Crippen molar-refractivity contribution in [3.8, 4) is 0 Å². The Morgan fingerprint density at radius 2 is 2.12 bits per heavy atom. The predicted molar refractivity (Wildman–Crippen MR) is 119 cm³/mol. The second kappa shape index (κ2) is 10.8. The minimum absolute atomic E-state index is 0.0216. The number of nitrogens with zero attached hydrogens (tertiary/aromatic N) is 1. The lowest BCUT2D eigenvalue weighted by molar-refractivity contribution is -0.200. The molecule has 32 heavy (non-hydrogen) atoms. The first-order valence-electron chi connectivity index (χ1n) is 10.5. The molecular formula is C21H28ClN3O6S. The Morgan fingerprint density at radius 3 is 2.78 bits per heavy atom. The van der Waals surface area contributed by atoms with Crippen LogP contribution in [0.2, 0.25) is 5.02 Å². The standard InChI is InChI=1S/C21H28ClN3O6S/c1-14-8-9-16(18(22)12-14)21-17(15(2)26)13-25(32(28,29)24-21)10-5-6-19(27)23-31-20-7-3-4-11-30-20/h8-9,12-13,20-21,24H,3-7,10-11H2,1-2H3,(H,23,27). The van der Waals surface area contributed by atoms with Crippen molar-refractivity contribution in [3.63, 3.8) is 0 Å². The van der Waals surface area contributed by atoms with E-state index in [1.54, 1.807) is 18.2 Å². The third-order valence-electron chi connectivity index (χ3n) is 5.27. The molecule has 2 atom stereocenters. The van der Waals surface area contributed by atoms with E-state index < -0.39 is 22.5 Å². The fourth-order valence-electron chi connectivity index (χ4n) is 3.54. The molecule has 0 aromatic heterocycles. The van der Waals surface area contributed by atoms with Crippen LogP contribution in [0.25, 0.3) is 0 Å². The van der Waals surface area contributed by atoms with Gasteiger partial charge in [-0.25, -0.2) is 10.3 Å². The Morgan fingerprint density at radius 1 is 1.34 bits per heavy atom. The summed E-state index contributed by atoms with van der Waals surface area (Å²) >= 11 is 6.31. The summed E-state index contributed by atoms with van der Waals surface area (Å²) in [5, 5.41) is 0.372. The number of ketones is 1. The number of benzene rings is 1. The van der Waals surface area contributed by atoms with Crippen LogP contribution in [0.4, 0.5) is 0 Å². The first-order chi connectivity index (χ1) is 15.2. The number of halogens is 1. The van der Waals surface area contributed by atoms with Gasteiger partial charge in [-0.3, -0.25) is 13.9 Å². The molecule has 11 heteroatoms. The number of carbonyl (C=O) groups is 2. The van der Waals surface area contributed by atoms with E-state index in [1.165, 1.54) is 13.1 Å². The molecule has 1 fully saturated rings. The van der Waals surface area contributed by atoms with Crippen LogP contribution < -0.4 is 10.2 Å². The number of aryl methyl sites for hydroxylation is 1. The monoisotopic (exact) mass is 485 g/mol. The molecule has 0 aliphatic carbocycles. The third kappa shape index (κ3) is 6.29. The first kappa shape index (κ1) is 24.7. The van der Waals surface area contributed by atoms with Crippen LogP contribution in [0.5, 0.6) is 0 Å². The number of nitrogens with one attached hydrogen (secondary N) is 2. The second-order valence-corrected chi connectivity index (χ2v) is 9.94. The molecular weight excluding hydrogens is 458 g/mol. The summed E-state index contributed by atoms with van der Waals surface area (Å²) < 4.78 is 34.5. The Labute approximate surface area is 193 Å². The lowest BCUT2D eigenvalue weighted by Gasteiger charge is -2.32. The molecule has 0 radical (unpaired) electrons. The molecule has 1 amide bonds. The van der Waals surface area contributed by atoms with Crippen LogP contribution in [0.15, 0.2) is 30.0 Å². The Hall–Kier alpha value is -1.98. The maximum Gasteiger partial charge on any atom is 0.301 e. The number of hydrogen-bond donors (Lipinski definition) is 2. The topological polar surface area (TPSA) is 114 Å². The van der Waals surface area contributed by atoms with Gasteiger partial charge in [0.25, 0.3) is 0 Å². The summed E-state index contributed by atoms with van der Waals surface area (Å²) in [6.07, 6.45) is 3.81. The van der Waals surface area contributed by atoms with Crippen molar-refractivity contribution in [3.05, 3.63) is 46.1 Å². The smallest absolute Gasteiger partial charge is 0.301 e. The fourth-order valence-corrected chi connectivity index (χ4v) is 5.19. The van der Waals surface area contributed by atoms with Crippen molar-refractivity contribution in [2.24, 2.45) is 0 Å². The van der Waals surface area contributed by atoms with Crippen molar-refractivity contribution in [2.75, 3.05) is 13.2 Å². The van der Waals surface area contributed by atoms with Crippen LogP contribution in [0, 0.1) is 6.92 Å². The van der Waals surface area contributed by atoms with Crippen molar-refractivity contribution >= 4 is 33.5 Å². The number of carbonyl (C=O) groups excluding carboxylic acids is 2. The number of hydroxylamine groups is 1. The highest BCUT2D eigenvalue weighted by Gasteiger charge is 2.35. The van der Waals surface area contributed by atoms with E-state index in [0.29, 0.717) is 23.6 Å². The zero-order valence-electron chi connectivity index (χ0n) is 18.1. The van der Waals surface area contributed by atoms with Gasteiger partial charge in [0, 0.05) is 42.8 Å². The second-order valence-electron chi connectivity index (χ2n) is 7.87. The summed E-state index contributed by atoms with van der Waals surface area (Å²) in [5.74, 6) is -0.653. The highest BCUT2D eigenvalue weighted by Crippen LogP contribution is 2.33. The molecule has 2 aliphatic heterocycles. The van der Waals surface area contributed by atoms with E-state index in [1.807, 2.05) is 6.92 Å². The van der Waals surface area contributed by atoms with Gasteiger partial charge in [-0.15, -0.1) is 0 Å². The van der Waals surface area contributed by atoms with Gasteiger partial charge in [-0.05, 0) is 50.3 Å². The summed E-state index contributed by atoms with van der Waals surface area (Å²) in [7, 11) is -3.93. The SMILES string of the molecule is CC(=O)C1=CN(CCCC(=O)NOC2CCCCO2)S(=O)(=O)NC1c1ccc(C)cc1Cl. The van der Waals surface area contributed by atoms with Crippen molar-refractivity contribution < 1.29 is 27.6 Å². The average molecular weight is 486 g/mol. The molecule has 0 spiro atoms. The molecule has 1 aromatic rings. The zero-order chi connectivity index (χ0) is 23.3. The molecule has 1 aromatic carbocycles. The van der Waals surface area contributed by atoms with E-state index in [0.717, 1.165) is 22.7 Å². The van der Waals surface area contributed by atoms with Gasteiger partial charge in [0.2, 0.25) is 5.91 Å². The Balaban J connectivity index is 1.63. The van der Waals surface area contributed by atoms with Gasteiger partial charge < -0.3 is 4.74 Å². The molecule has 0 saturated carbocycles. The maximum absolute atomic E-state index is 12.8. The van der Waals surface area contributed by atoms with Gasteiger partial charge in [-0.2, -0.15) is 13.1 Å². The van der Waals surface area contributed by atoms with E-state index in [9.17, 15) is 18.0 Å². The molecule has 9 nitrogen and oxygen atoms in total. The number of Topliss-reactive ketones (excluding diaryl/α,β-unsaturated/α-hetero) is 1. The van der Waals surface area contributed by atoms with Gasteiger partial charge in [0.05, 0.1) is 6.04 Å². The van der Waals surface area contributed by atoms with E-state index >= 15 is 0 Å². The maximum atomic E-state index is 12.8. The lowest BCUT2D eigenvalue weighted by atomic mass is 9.96. The minimum atomic E-state index is -3.93. The molecule has 3 rings (SSSR count). The van der Waals surface area contributed by atoms with Crippen LogP contribution in [0.1, 0.15) is 56.2 Å². The number of hydrogen-bond acceptors (Lipinski definition) is 6. The Kier molecular flexibility index (Phi) is 8.29. The summed E-state index contributed by atoms with van der Waals surface area (Å²) in [6, 6.07) is 4.35. The molecule has 176 valence electrons. The average Bonchev–Trinajstić information content (AvgIpc) is 2.73. The van der Waals surface area contributed by atoms with Crippen molar-refractivity contribution in [2.45, 2.75) is 58.3 Å². The number of rotatable bonds is 8. The predicted octanol–water partition coefficient (Wildman–Crippen LogP) is 2.67. The first-order valence-corrected chi connectivity index (χ1v) is 12.3. The third-order valence-corrected chi connectivity index (χ3v) is 7.03. The van der Waals surface area contributed by atoms with Crippen LogP contribution in [-0.2, 0) is 29.4 Å². The van der Waals surface area contributed by atoms with Crippen LogP contribution >= 0.6 is 11.6 Å². The lowest BCUT2D eigenvalue weighted by Crippen LogP contribution is -2.46. The largest absolute Gasteiger partial charge is 0.350 e.